The van der Waals surface area contributed by atoms with Crippen LogP contribution in [0.3, 0.4) is 0 Å². The van der Waals surface area contributed by atoms with Crippen LogP contribution in [0.15, 0.2) is 72.8 Å². The summed E-state index contributed by atoms with van der Waals surface area (Å²) < 4.78 is 4.62. The van der Waals surface area contributed by atoms with E-state index in [1.165, 1.54) is 11.1 Å². The second kappa shape index (κ2) is 7.74. The van der Waals surface area contributed by atoms with Gasteiger partial charge in [-0.15, -0.1) is 0 Å². The van der Waals surface area contributed by atoms with Gasteiger partial charge < -0.3 is 14.9 Å². The van der Waals surface area contributed by atoms with Gasteiger partial charge in [0.25, 0.3) is 0 Å². The van der Waals surface area contributed by atoms with Crippen molar-refractivity contribution in [1.82, 2.24) is 0 Å². The predicted octanol–water partition coefficient (Wildman–Crippen LogP) is 5.46. The highest BCUT2D eigenvalue weighted by Gasteiger charge is 2.08. The summed E-state index contributed by atoms with van der Waals surface area (Å²) in [5, 5.41) is 18.0. The van der Waals surface area contributed by atoms with E-state index >= 15 is 0 Å². The molecule has 3 rings (SSSR count). The maximum Gasteiger partial charge on any atom is 0.511 e. The molecule has 2 N–H and O–H groups in total. The molecular weight excluding hydrogens is 328 g/mol. The van der Waals surface area contributed by atoms with Gasteiger partial charge in [-0.3, -0.25) is 0 Å². The van der Waals surface area contributed by atoms with Crippen molar-refractivity contribution in [3.05, 3.63) is 83.9 Å². The van der Waals surface area contributed by atoms with Gasteiger partial charge in [0, 0.05) is 0 Å². The van der Waals surface area contributed by atoms with Gasteiger partial charge in [0.05, 0.1) is 0 Å². The van der Waals surface area contributed by atoms with E-state index in [2.05, 4.69) is 35.9 Å². The molecule has 4 nitrogen and oxygen atoms in total. The van der Waals surface area contributed by atoms with Crippen LogP contribution in [0.5, 0.6) is 11.5 Å². The van der Waals surface area contributed by atoms with E-state index in [-0.39, 0.29) is 5.75 Å². The molecule has 0 aromatic heterocycles. The van der Waals surface area contributed by atoms with Crippen molar-refractivity contribution >= 4 is 6.16 Å². The molecule has 0 fully saturated rings. The molecule has 0 amide bonds. The number of carbonyl (C=O) groups is 1. The Morgan fingerprint density at radius 2 is 1.42 bits per heavy atom. The second-order valence-electron chi connectivity index (χ2n) is 6.29. The van der Waals surface area contributed by atoms with Crippen LogP contribution >= 0.6 is 0 Å². The molecule has 0 heterocycles. The van der Waals surface area contributed by atoms with Gasteiger partial charge in [-0.25, -0.2) is 4.79 Å². The quantitative estimate of drug-likeness (QED) is 0.474. The lowest BCUT2D eigenvalue weighted by Gasteiger charge is -2.13. The third kappa shape index (κ3) is 4.42. The molecule has 0 aliphatic rings. The summed E-state index contributed by atoms with van der Waals surface area (Å²) in [6.07, 6.45) is -0.411. The zero-order valence-corrected chi connectivity index (χ0v) is 14.4. The molecule has 0 aliphatic heterocycles. The van der Waals surface area contributed by atoms with Gasteiger partial charge >= 0.3 is 6.16 Å². The van der Waals surface area contributed by atoms with Crippen molar-refractivity contribution in [1.29, 1.82) is 0 Å². The first kappa shape index (κ1) is 17.5. The van der Waals surface area contributed by atoms with Gasteiger partial charge in [0.1, 0.15) is 11.5 Å². The molecule has 0 bridgehead atoms. The number of hydrogen-bond donors (Lipinski definition) is 2. The van der Waals surface area contributed by atoms with Crippen molar-refractivity contribution in [2.24, 2.45) is 0 Å². The molecule has 132 valence electrons. The predicted molar refractivity (Wildman–Crippen MR) is 101 cm³/mol. The molecule has 3 aromatic rings. The minimum atomic E-state index is -1.32. The molecule has 0 spiro atoms. The third-order valence-corrected chi connectivity index (χ3v) is 4.35. The average molecular weight is 348 g/mol. The summed E-state index contributed by atoms with van der Waals surface area (Å²) in [7, 11) is 0. The Labute approximate surface area is 152 Å². The molecule has 1 unspecified atom stereocenters. The van der Waals surface area contributed by atoms with Crippen LogP contribution in [0.2, 0.25) is 0 Å². The maximum atomic E-state index is 10.5. The van der Waals surface area contributed by atoms with E-state index in [1.54, 1.807) is 24.3 Å². The first-order chi connectivity index (χ1) is 12.5. The van der Waals surface area contributed by atoms with Gasteiger partial charge in [-0.1, -0.05) is 55.5 Å². The number of hydrogen-bond acceptors (Lipinski definition) is 3. The minimum absolute atomic E-state index is 0.283. The van der Waals surface area contributed by atoms with E-state index in [0.29, 0.717) is 11.7 Å². The Hall–Kier alpha value is -3.27. The molecule has 0 saturated carbocycles. The topological polar surface area (TPSA) is 66.8 Å². The lowest BCUT2D eigenvalue weighted by molar-refractivity contribution is 0.144. The molecule has 0 aliphatic carbocycles. The van der Waals surface area contributed by atoms with Crippen molar-refractivity contribution in [2.75, 3.05) is 0 Å². The SMILES string of the molecule is CC(Cc1ccc(O)cc1)c1ccc(-c2ccc(OC(=O)O)cc2)cc1. The monoisotopic (exact) mass is 348 g/mol. The van der Waals surface area contributed by atoms with Crippen LogP contribution in [0.25, 0.3) is 11.1 Å². The summed E-state index contributed by atoms with van der Waals surface area (Å²) in [4.78, 5) is 10.5. The standard InChI is InChI=1S/C22H20O4/c1-15(14-16-2-10-20(23)11-3-16)17-4-6-18(7-5-17)19-8-12-21(13-9-19)26-22(24)25/h2-13,15,23H,14H2,1H3,(H,24,25). The van der Waals surface area contributed by atoms with Crippen molar-refractivity contribution in [3.63, 3.8) is 0 Å². The number of carboxylic acid groups (broad SMARTS) is 1. The average Bonchev–Trinajstić information content (AvgIpc) is 2.64. The summed E-state index contributed by atoms with van der Waals surface area (Å²) in [5.41, 5.74) is 4.49. The molecule has 3 aromatic carbocycles. The first-order valence-electron chi connectivity index (χ1n) is 8.40. The Morgan fingerprint density at radius 1 is 0.885 bits per heavy atom. The largest absolute Gasteiger partial charge is 0.511 e. The molecule has 26 heavy (non-hydrogen) atoms. The lowest BCUT2D eigenvalue weighted by Crippen LogP contribution is -2.02. The highest BCUT2D eigenvalue weighted by Crippen LogP contribution is 2.26. The Bertz CT molecular complexity index is 866. The Kier molecular flexibility index (Phi) is 5.23. The molecule has 1 atom stereocenters. The van der Waals surface area contributed by atoms with E-state index in [9.17, 15) is 9.90 Å². The van der Waals surface area contributed by atoms with E-state index in [0.717, 1.165) is 17.5 Å². The lowest BCUT2D eigenvalue weighted by atomic mass is 9.92. The molecule has 4 heteroatoms. The zero-order valence-electron chi connectivity index (χ0n) is 14.4. The summed E-state index contributed by atoms with van der Waals surface area (Å²) in [6, 6.07) is 22.6. The fourth-order valence-electron chi connectivity index (χ4n) is 2.92. The normalized spacial score (nSPS) is 11.7. The Balaban J connectivity index is 1.69. The first-order valence-corrected chi connectivity index (χ1v) is 8.40. The molecule has 0 saturated heterocycles. The number of aromatic hydroxyl groups is 1. The van der Waals surface area contributed by atoms with E-state index in [1.807, 2.05) is 24.3 Å². The smallest absolute Gasteiger partial charge is 0.508 e. The maximum absolute atomic E-state index is 10.5. The van der Waals surface area contributed by atoms with E-state index < -0.39 is 6.16 Å². The molecular formula is C22H20O4. The van der Waals surface area contributed by atoms with Crippen LogP contribution in [0.1, 0.15) is 24.0 Å². The number of rotatable bonds is 5. The van der Waals surface area contributed by atoms with Crippen LogP contribution in [-0.2, 0) is 6.42 Å². The minimum Gasteiger partial charge on any atom is -0.508 e. The number of phenols is 1. The van der Waals surface area contributed by atoms with Gasteiger partial charge in [0.2, 0.25) is 0 Å². The fraction of sp³-hybridized carbons (Fsp3) is 0.136. The third-order valence-electron chi connectivity index (χ3n) is 4.35. The number of benzene rings is 3. The fourth-order valence-corrected chi connectivity index (χ4v) is 2.92. The van der Waals surface area contributed by atoms with E-state index in [4.69, 9.17) is 5.11 Å². The van der Waals surface area contributed by atoms with Gasteiger partial charge in [0.15, 0.2) is 0 Å². The molecule has 0 radical (unpaired) electrons. The number of phenolic OH excluding ortho intramolecular Hbond substituents is 1. The second-order valence-corrected chi connectivity index (χ2v) is 6.29. The van der Waals surface area contributed by atoms with Crippen LogP contribution in [-0.4, -0.2) is 16.4 Å². The number of ether oxygens (including phenoxy) is 1. The van der Waals surface area contributed by atoms with Gasteiger partial charge in [-0.05, 0) is 58.9 Å². The summed E-state index contributed by atoms with van der Waals surface area (Å²) >= 11 is 0. The summed E-state index contributed by atoms with van der Waals surface area (Å²) in [5.74, 6) is 0.950. The van der Waals surface area contributed by atoms with Crippen LogP contribution in [0.4, 0.5) is 4.79 Å². The van der Waals surface area contributed by atoms with Gasteiger partial charge in [-0.2, -0.15) is 0 Å². The highest BCUT2D eigenvalue weighted by atomic mass is 16.7. The highest BCUT2D eigenvalue weighted by molar-refractivity contribution is 5.66. The Morgan fingerprint density at radius 3 is 1.96 bits per heavy atom. The summed E-state index contributed by atoms with van der Waals surface area (Å²) in [6.45, 7) is 2.18. The van der Waals surface area contributed by atoms with Crippen LogP contribution < -0.4 is 4.74 Å². The zero-order chi connectivity index (χ0) is 18.5. The van der Waals surface area contributed by atoms with Crippen LogP contribution in [0, 0.1) is 0 Å². The van der Waals surface area contributed by atoms with Crippen molar-refractivity contribution in [2.45, 2.75) is 19.3 Å². The van der Waals surface area contributed by atoms with Crippen molar-refractivity contribution in [3.8, 4) is 22.6 Å². The van der Waals surface area contributed by atoms with Crippen molar-refractivity contribution < 1.29 is 19.7 Å².